The number of piperazine rings is 1. The maximum atomic E-state index is 6.24. The van der Waals surface area contributed by atoms with Crippen LogP contribution in [0.4, 0.5) is 5.69 Å². The van der Waals surface area contributed by atoms with Crippen molar-refractivity contribution in [2.75, 3.05) is 31.1 Å². The Morgan fingerprint density at radius 3 is 2.62 bits per heavy atom. The van der Waals surface area contributed by atoms with Gasteiger partial charge in [-0.25, -0.2) is 4.68 Å². The Balaban J connectivity index is 1.50. The molecule has 0 aliphatic carbocycles. The van der Waals surface area contributed by atoms with Crippen LogP contribution < -0.4 is 4.90 Å². The molecule has 0 spiro atoms. The van der Waals surface area contributed by atoms with Crippen LogP contribution in [0.1, 0.15) is 36.2 Å². The van der Waals surface area contributed by atoms with Gasteiger partial charge in [0.05, 0.1) is 12.6 Å². The lowest BCUT2D eigenvalue weighted by Crippen LogP contribution is -2.49. The summed E-state index contributed by atoms with van der Waals surface area (Å²) in [4.78, 5) is 6.23. The molecule has 0 bridgehead atoms. The molecule has 1 aliphatic rings. The van der Waals surface area contributed by atoms with E-state index in [2.05, 4.69) is 75.7 Å². The number of nitrogens with zero attached hydrogens (tertiary/aromatic N) is 6. The van der Waals surface area contributed by atoms with Crippen LogP contribution in [0.2, 0.25) is 5.02 Å². The molecule has 1 aliphatic heterocycles. The highest BCUT2D eigenvalue weighted by atomic mass is 35.5. The summed E-state index contributed by atoms with van der Waals surface area (Å²) < 4.78 is 1.96. The summed E-state index contributed by atoms with van der Waals surface area (Å²) in [6.45, 7) is 11.3. The first-order valence-electron chi connectivity index (χ1n) is 10.1. The number of aromatic nitrogens is 4. The molecular formula is C21H27ClN6S. The van der Waals surface area contributed by atoms with Crippen LogP contribution in [0, 0.1) is 12.8 Å². The summed E-state index contributed by atoms with van der Waals surface area (Å²) in [7, 11) is 0. The molecule has 3 heterocycles. The molecule has 8 heteroatoms. The fraction of sp³-hybridized carbons (Fsp3) is 0.476. The van der Waals surface area contributed by atoms with E-state index in [9.17, 15) is 0 Å². The molecule has 1 atom stereocenters. The van der Waals surface area contributed by atoms with Crippen molar-refractivity contribution in [3.05, 3.63) is 57.0 Å². The summed E-state index contributed by atoms with van der Waals surface area (Å²) in [6.07, 6.45) is 0. The lowest BCUT2D eigenvalue weighted by Gasteiger charge is -2.41. The van der Waals surface area contributed by atoms with E-state index in [1.54, 1.807) is 11.3 Å². The minimum absolute atomic E-state index is 0.201. The van der Waals surface area contributed by atoms with Crippen LogP contribution in [0.25, 0.3) is 0 Å². The average Bonchev–Trinajstić information content (AvgIpc) is 3.37. The Morgan fingerprint density at radius 2 is 1.93 bits per heavy atom. The van der Waals surface area contributed by atoms with Gasteiger partial charge in [0.2, 0.25) is 0 Å². The van der Waals surface area contributed by atoms with Crippen LogP contribution in [0.15, 0.2) is 35.7 Å². The summed E-state index contributed by atoms with van der Waals surface area (Å²) in [5, 5.41) is 15.6. The van der Waals surface area contributed by atoms with Crippen LogP contribution in [-0.4, -0.2) is 51.3 Å². The fourth-order valence-corrected chi connectivity index (χ4v) is 4.99. The van der Waals surface area contributed by atoms with Crippen molar-refractivity contribution in [2.24, 2.45) is 5.92 Å². The summed E-state index contributed by atoms with van der Waals surface area (Å²) >= 11 is 7.98. The van der Waals surface area contributed by atoms with Gasteiger partial charge in [0.25, 0.3) is 0 Å². The van der Waals surface area contributed by atoms with Gasteiger partial charge < -0.3 is 4.90 Å². The monoisotopic (exact) mass is 430 g/mol. The molecule has 29 heavy (non-hydrogen) atoms. The molecule has 1 fully saturated rings. The van der Waals surface area contributed by atoms with Gasteiger partial charge in [-0.2, -0.15) is 0 Å². The van der Waals surface area contributed by atoms with Crippen LogP contribution in [0.3, 0.4) is 0 Å². The number of thiophene rings is 1. The number of hydrogen-bond donors (Lipinski definition) is 0. The topological polar surface area (TPSA) is 50.1 Å². The smallest absolute Gasteiger partial charge is 0.169 e. The summed E-state index contributed by atoms with van der Waals surface area (Å²) in [6, 6.07) is 10.5. The standard InChI is InChI=1S/C21H27ClN6S/c1-15(2)20(21-23-24-25-28(21)14-18-5-4-12-29-18)27-10-8-26(9-11-27)19-13-17(22)7-6-16(19)3/h4-7,12-13,15,20H,8-11,14H2,1-3H3. The Kier molecular flexibility index (Phi) is 6.18. The molecule has 1 unspecified atom stereocenters. The first kappa shape index (κ1) is 20.3. The number of anilines is 1. The van der Waals surface area contributed by atoms with E-state index in [0.717, 1.165) is 43.6 Å². The number of benzene rings is 1. The van der Waals surface area contributed by atoms with Gasteiger partial charge >= 0.3 is 0 Å². The predicted octanol–water partition coefficient (Wildman–Crippen LogP) is 4.26. The average molecular weight is 431 g/mol. The molecule has 154 valence electrons. The van der Waals surface area contributed by atoms with Gasteiger partial charge in [-0.05, 0) is 52.4 Å². The number of hydrogen-bond acceptors (Lipinski definition) is 6. The third kappa shape index (κ3) is 4.47. The molecule has 2 aromatic heterocycles. The zero-order valence-corrected chi connectivity index (χ0v) is 18.7. The quantitative estimate of drug-likeness (QED) is 0.584. The van der Waals surface area contributed by atoms with Gasteiger partial charge in [0.1, 0.15) is 0 Å². The molecule has 4 rings (SSSR count). The molecular weight excluding hydrogens is 404 g/mol. The van der Waals surface area contributed by atoms with E-state index in [1.165, 1.54) is 16.1 Å². The SMILES string of the molecule is Cc1ccc(Cl)cc1N1CCN(C(c2nnnn2Cc2cccs2)C(C)C)CC1. The van der Waals surface area contributed by atoms with Crippen molar-refractivity contribution in [2.45, 2.75) is 33.4 Å². The van der Waals surface area contributed by atoms with E-state index < -0.39 is 0 Å². The van der Waals surface area contributed by atoms with Crippen molar-refractivity contribution in [3.63, 3.8) is 0 Å². The molecule has 6 nitrogen and oxygen atoms in total. The first-order valence-corrected chi connectivity index (χ1v) is 11.3. The maximum absolute atomic E-state index is 6.24. The van der Waals surface area contributed by atoms with Crippen LogP contribution in [-0.2, 0) is 6.54 Å². The van der Waals surface area contributed by atoms with Crippen molar-refractivity contribution in [3.8, 4) is 0 Å². The third-order valence-corrected chi connectivity index (χ3v) is 6.66. The van der Waals surface area contributed by atoms with E-state index >= 15 is 0 Å². The zero-order chi connectivity index (χ0) is 20.4. The molecule has 0 amide bonds. The minimum atomic E-state index is 0.201. The molecule has 0 radical (unpaired) electrons. The number of halogens is 1. The van der Waals surface area contributed by atoms with Crippen molar-refractivity contribution in [1.29, 1.82) is 0 Å². The zero-order valence-electron chi connectivity index (χ0n) is 17.1. The van der Waals surface area contributed by atoms with E-state index in [4.69, 9.17) is 11.6 Å². The summed E-state index contributed by atoms with van der Waals surface area (Å²) in [5.74, 6) is 1.38. The Labute approximate surface area is 181 Å². The lowest BCUT2D eigenvalue weighted by molar-refractivity contribution is 0.135. The molecule has 1 saturated heterocycles. The van der Waals surface area contributed by atoms with Gasteiger partial charge in [0.15, 0.2) is 5.82 Å². The number of tetrazole rings is 1. The lowest BCUT2D eigenvalue weighted by atomic mass is 10.0. The second-order valence-electron chi connectivity index (χ2n) is 7.92. The van der Waals surface area contributed by atoms with Crippen LogP contribution in [0.5, 0.6) is 0 Å². The van der Waals surface area contributed by atoms with E-state index in [0.29, 0.717) is 5.92 Å². The Hall–Kier alpha value is -1.96. The van der Waals surface area contributed by atoms with Gasteiger partial charge in [-0.1, -0.05) is 37.6 Å². The molecule has 3 aromatic rings. The fourth-order valence-electron chi connectivity index (χ4n) is 4.13. The van der Waals surface area contributed by atoms with E-state index in [1.807, 2.05) is 10.7 Å². The molecule has 0 N–H and O–H groups in total. The van der Waals surface area contributed by atoms with Gasteiger partial charge in [-0.3, -0.25) is 4.90 Å². The molecule has 1 aromatic carbocycles. The normalized spacial score (nSPS) is 16.5. The highest BCUT2D eigenvalue weighted by molar-refractivity contribution is 7.09. The third-order valence-electron chi connectivity index (χ3n) is 5.56. The molecule has 0 saturated carbocycles. The minimum Gasteiger partial charge on any atom is -0.369 e. The van der Waals surface area contributed by atoms with Crippen molar-refractivity contribution >= 4 is 28.6 Å². The highest BCUT2D eigenvalue weighted by Crippen LogP contribution is 2.31. The maximum Gasteiger partial charge on any atom is 0.169 e. The highest BCUT2D eigenvalue weighted by Gasteiger charge is 2.31. The Bertz CT molecular complexity index is 931. The number of aryl methyl sites for hydroxylation is 1. The second-order valence-corrected chi connectivity index (χ2v) is 9.39. The summed E-state index contributed by atoms with van der Waals surface area (Å²) in [5.41, 5.74) is 2.50. The van der Waals surface area contributed by atoms with Crippen molar-refractivity contribution < 1.29 is 0 Å². The Morgan fingerprint density at radius 1 is 1.14 bits per heavy atom. The number of rotatable bonds is 6. The van der Waals surface area contributed by atoms with Gasteiger partial charge in [0, 0.05) is 41.8 Å². The van der Waals surface area contributed by atoms with E-state index in [-0.39, 0.29) is 6.04 Å². The van der Waals surface area contributed by atoms with Crippen molar-refractivity contribution in [1.82, 2.24) is 25.1 Å². The second kappa shape index (κ2) is 8.81. The van der Waals surface area contributed by atoms with Crippen LogP contribution >= 0.6 is 22.9 Å². The predicted molar refractivity (Wildman–Crippen MR) is 119 cm³/mol. The first-order chi connectivity index (χ1) is 14.0. The largest absolute Gasteiger partial charge is 0.369 e. The van der Waals surface area contributed by atoms with Gasteiger partial charge in [-0.15, -0.1) is 16.4 Å².